The number of nitrogens with one attached hydrogen (secondary N) is 2. The summed E-state index contributed by atoms with van der Waals surface area (Å²) < 4.78 is 11.3. The van der Waals surface area contributed by atoms with Crippen LogP contribution >= 0.6 is 0 Å². The number of aromatic nitrogens is 1. The first-order valence-electron chi connectivity index (χ1n) is 16.3. The summed E-state index contributed by atoms with van der Waals surface area (Å²) in [5.74, 6) is -0.520. The molecule has 1 saturated heterocycles. The number of aliphatic imine (C=N–C) groups is 1. The summed E-state index contributed by atoms with van der Waals surface area (Å²) in [4.78, 5) is 36.0. The normalized spacial score (nSPS) is 17.9. The number of hydrogen-bond acceptors (Lipinski definition) is 7. The maximum atomic E-state index is 14.1. The van der Waals surface area contributed by atoms with E-state index in [0.29, 0.717) is 6.61 Å². The summed E-state index contributed by atoms with van der Waals surface area (Å²) in [6.07, 6.45) is 5.45. The van der Waals surface area contributed by atoms with E-state index in [1.54, 1.807) is 12.4 Å². The van der Waals surface area contributed by atoms with Crippen molar-refractivity contribution in [2.24, 2.45) is 4.99 Å². The summed E-state index contributed by atoms with van der Waals surface area (Å²) in [6, 6.07) is 25.2. The van der Waals surface area contributed by atoms with Crippen LogP contribution in [0.15, 0.2) is 96.2 Å². The number of hydrogen-bond donors (Lipinski definition) is 2. The highest BCUT2D eigenvalue weighted by atomic mass is 16.5. The number of aryl methyl sites for hydroxylation is 3. The van der Waals surface area contributed by atoms with Crippen molar-refractivity contribution in [3.8, 4) is 0 Å². The molecule has 8 heteroatoms. The van der Waals surface area contributed by atoms with Crippen molar-refractivity contribution in [3.63, 3.8) is 0 Å². The van der Waals surface area contributed by atoms with Gasteiger partial charge < -0.3 is 20.1 Å². The van der Waals surface area contributed by atoms with Gasteiger partial charge in [0.15, 0.2) is 5.78 Å². The van der Waals surface area contributed by atoms with Gasteiger partial charge in [-0.2, -0.15) is 0 Å². The van der Waals surface area contributed by atoms with Crippen LogP contribution in [0.2, 0.25) is 0 Å². The average molecular weight is 631 g/mol. The third kappa shape index (κ3) is 7.67. The Morgan fingerprint density at radius 1 is 0.979 bits per heavy atom. The highest BCUT2D eigenvalue weighted by molar-refractivity contribution is 5.98. The Bertz CT molecular complexity index is 1690. The summed E-state index contributed by atoms with van der Waals surface area (Å²) in [6.45, 7) is 5.59. The van der Waals surface area contributed by atoms with Crippen LogP contribution in [-0.4, -0.2) is 61.0 Å². The molecule has 0 spiro atoms. The first kappa shape index (κ1) is 32.3. The van der Waals surface area contributed by atoms with E-state index < -0.39 is 18.1 Å². The number of nitrogens with zero attached hydrogens (tertiary/aromatic N) is 2. The van der Waals surface area contributed by atoms with Crippen LogP contribution in [0.3, 0.4) is 0 Å². The topological polar surface area (TPSA) is 102 Å². The van der Waals surface area contributed by atoms with Gasteiger partial charge in [0.2, 0.25) is 0 Å². The van der Waals surface area contributed by atoms with E-state index in [1.165, 1.54) is 23.8 Å². The van der Waals surface area contributed by atoms with Crippen molar-refractivity contribution in [2.75, 3.05) is 20.3 Å². The monoisotopic (exact) mass is 630 g/mol. The maximum Gasteiger partial charge on any atom is 0.407 e. The number of rotatable bonds is 11. The molecule has 47 heavy (non-hydrogen) atoms. The molecule has 0 bridgehead atoms. The molecule has 8 nitrogen and oxygen atoms in total. The Labute approximate surface area is 276 Å². The summed E-state index contributed by atoms with van der Waals surface area (Å²) in [5, 5.41) is 6.52. The molecule has 2 aliphatic heterocycles. The fourth-order valence-corrected chi connectivity index (χ4v) is 6.63. The maximum absolute atomic E-state index is 14.1. The van der Waals surface area contributed by atoms with Crippen molar-refractivity contribution in [1.82, 2.24) is 15.6 Å². The Balaban J connectivity index is 1.12. The molecule has 3 aromatic carbocycles. The third-order valence-electron chi connectivity index (χ3n) is 9.38. The summed E-state index contributed by atoms with van der Waals surface area (Å²) in [5.41, 5.74) is 9.82. The van der Waals surface area contributed by atoms with Gasteiger partial charge in [0, 0.05) is 43.4 Å². The van der Waals surface area contributed by atoms with Crippen LogP contribution in [0.4, 0.5) is 10.5 Å². The molecule has 1 aromatic heterocycles. The second-order valence-electron chi connectivity index (χ2n) is 12.5. The first-order valence-corrected chi connectivity index (χ1v) is 16.3. The smallest absolute Gasteiger partial charge is 0.407 e. The predicted molar refractivity (Wildman–Crippen MR) is 184 cm³/mol. The van der Waals surface area contributed by atoms with Crippen molar-refractivity contribution < 1.29 is 19.1 Å². The first-order chi connectivity index (χ1) is 22.9. The lowest BCUT2D eigenvalue weighted by Crippen LogP contribution is -2.50. The zero-order valence-electron chi connectivity index (χ0n) is 27.2. The van der Waals surface area contributed by atoms with Gasteiger partial charge in [-0.05, 0) is 77.8 Å². The van der Waals surface area contributed by atoms with Gasteiger partial charge in [-0.25, -0.2) is 4.79 Å². The van der Waals surface area contributed by atoms with Crippen LogP contribution in [0.5, 0.6) is 0 Å². The zero-order valence-corrected chi connectivity index (χ0v) is 27.2. The minimum atomic E-state index is -0.847. The molecule has 2 aliphatic rings. The summed E-state index contributed by atoms with van der Waals surface area (Å²) >= 11 is 0. The van der Waals surface area contributed by atoms with Gasteiger partial charge in [0.25, 0.3) is 0 Å². The molecule has 0 saturated carbocycles. The minimum absolute atomic E-state index is 0.0473. The van der Waals surface area contributed by atoms with E-state index in [0.717, 1.165) is 59.5 Å². The lowest BCUT2D eigenvalue weighted by atomic mass is 9.81. The second-order valence-corrected chi connectivity index (χ2v) is 12.5. The molecule has 6 rings (SSSR count). The molecule has 0 radical (unpaired) electrons. The van der Waals surface area contributed by atoms with E-state index in [-0.39, 0.29) is 24.3 Å². The number of fused-ring (bicyclic) bond motifs is 1. The number of ether oxygens (including phenoxy) is 2. The van der Waals surface area contributed by atoms with Crippen molar-refractivity contribution in [2.45, 2.75) is 63.6 Å². The lowest BCUT2D eigenvalue weighted by molar-refractivity contribution is -0.120. The number of benzene rings is 3. The SMILES string of the molecule is COC(=O)N[C@H](C(=O)Cc1cnccc1CC[C@@H]1CN[C@H](C2=Nc3cc(C)c(C)cc3C2)CO1)C(c1ccccc1)c1ccccc1. The van der Waals surface area contributed by atoms with Gasteiger partial charge in [0.1, 0.15) is 6.04 Å². The molecule has 0 aliphatic carbocycles. The van der Waals surface area contributed by atoms with Gasteiger partial charge in [-0.3, -0.25) is 14.8 Å². The zero-order chi connectivity index (χ0) is 32.8. The molecule has 1 amide bonds. The molecular weight excluding hydrogens is 588 g/mol. The van der Waals surface area contributed by atoms with Crippen LogP contribution in [0.1, 0.15) is 51.3 Å². The van der Waals surface area contributed by atoms with E-state index in [4.69, 9.17) is 14.5 Å². The molecular formula is C39H42N4O4. The quantitative estimate of drug-likeness (QED) is 0.211. The van der Waals surface area contributed by atoms with Crippen molar-refractivity contribution in [3.05, 3.63) is 130 Å². The number of carbonyl (C=O) groups excluding carboxylic acids is 2. The van der Waals surface area contributed by atoms with Crippen LogP contribution in [0.25, 0.3) is 0 Å². The van der Waals surface area contributed by atoms with E-state index >= 15 is 0 Å². The number of alkyl carbamates (subject to hydrolysis) is 1. The Kier molecular flexibility index (Phi) is 10.2. The molecule has 242 valence electrons. The number of pyridine rings is 1. The predicted octanol–water partition coefficient (Wildman–Crippen LogP) is 5.99. The number of ketones is 1. The van der Waals surface area contributed by atoms with Crippen molar-refractivity contribution in [1.29, 1.82) is 0 Å². The molecule has 3 heterocycles. The highest BCUT2D eigenvalue weighted by Gasteiger charge is 2.33. The number of amides is 1. The minimum Gasteiger partial charge on any atom is -0.453 e. The van der Waals surface area contributed by atoms with Gasteiger partial charge in [-0.1, -0.05) is 66.7 Å². The van der Waals surface area contributed by atoms with Gasteiger partial charge in [0.05, 0.1) is 31.5 Å². The Hall–Kier alpha value is -4.66. The van der Waals surface area contributed by atoms with Crippen LogP contribution in [-0.2, 0) is 33.5 Å². The van der Waals surface area contributed by atoms with Crippen molar-refractivity contribution >= 4 is 23.3 Å². The highest BCUT2D eigenvalue weighted by Crippen LogP contribution is 2.32. The molecule has 3 atom stereocenters. The Morgan fingerprint density at radius 2 is 1.68 bits per heavy atom. The number of methoxy groups -OCH3 is 1. The van der Waals surface area contributed by atoms with Gasteiger partial charge in [-0.15, -0.1) is 0 Å². The third-order valence-corrected chi connectivity index (χ3v) is 9.38. The molecule has 2 N–H and O–H groups in total. The fraction of sp³-hybridized carbons (Fsp3) is 0.333. The summed E-state index contributed by atoms with van der Waals surface area (Å²) in [7, 11) is 1.31. The molecule has 0 unspecified atom stereocenters. The molecule has 4 aromatic rings. The van der Waals surface area contributed by atoms with Crippen LogP contribution < -0.4 is 10.6 Å². The Morgan fingerprint density at radius 3 is 2.34 bits per heavy atom. The van der Waals surface area contributed by atoms with E-state index in [9.17, 15) is 9.59 Å². The molecule has 1 fully saturated rings. The number of morpholine rings is 1. The average Bonchev–Trinajstić information content (AvgIpc) is 3.51. The lowest BCUT2D eigenvalue weighted by Gasteiger charge is -2.31. The van der Waals surface area contributed by atoms with E-state index in [2.05, 4.69) is 41.6 Å². The van der Waals surface area contributed by atoms with Gasteiger partial charge >= 0.3 is 6.09 Å². The standard InChI is InChI=1S/C39H42N4O4/c1-25-18-30-20-34(42-33(30)19-26(25)2)35-24-47-32(23-41-35)15-14-27-16-17-40-22-31(27)21-36(44)38(43-39(45)46-3)37(28-10-6-4-7-11-28)29-12-8-5-9-13-29/h4-13,16-19,22,32,35,37-38,41H,14-15,20-21,23-24H2,1-3H3,(H,43,45)/t32-,35+,38-/m1/s1. The second kappa shape index (κ2) is 14.8. The largest absolute Gasteiger partial charge is 0.453 e. The number of carbonyl (C=O) groups is 2. The van der Waals surface area contributed by atoms with E-state index in [1.807, 2.05) is 66.7 Å². The van der Waals surface area contributed by atoms with Crippen LogP contribution in [0, 0.1) is 13.8 Å². The number of Topliss-reactive ketones (excluding diaryl/α,β-unsaturated/α-hetero) is 1. The fourth-order valence-electron chi connectivity index (χ4n) is 6.63.